The lowest BCUT2D eigenvalue weighted by molar-refractivity contribution is -0.119. The van der Waals surface area contributed by atoms with Gasteiger partial charge < -0.3 is 10.6 Å². The smallest absolute Gasteiger partial charge is 0.244 e. The Labute approximate surface area is 151 Å². The number of nitrogen functional groups attached to an aromatic ring is 1. The molecule has 6 nitrogen and oxygen atoms in total. The number of fused-ring (bicyclic) bond motifs is 1. The predicted molar refractivity (Wildman–Crippen MR) is 97.7 cm³/mol. The summed E-state index contributed by atoms with van der Waals surface area (Å²) in [6, 6.07) is 9.32. The van der Waals surface area contributed by atoms with Gasteiger partial charge in [-0.3, -0.25) is 4.79 Å². The molecule has 0 aromatic heterocycles. The van der Waals surface area contributed by atoms with E-state index in [0.29, 0.717) is 17.9 Å². The summed E-state index contributed by atoms with van der Waals surface area (Å²) >= 11 is 0. The number of sulfonamides is 1. The first-order chi connectivity index (χ1) is 12.3. The second-order valence-electron chi connectivity index (χ2n) is 6.21. The molecule has 3 N–H and O–H groups in total. The number of anilines is 2. The Bertz CT molecular complexity index is 946. The molecule has 2 aromatic carbocycles. The number of benzene rings is 2. The average molecular weight is 377 g/mol. The van der Waals surface area contributed by atoms with Crippen LogP contribution in [0.25, 0.3) is 0 Å². The van der Waals surface area contributed by atoms with E-state index in [-0.39, 0.29) is 0 Å². The van der Waals surface area contributed by atoms with Gasteiger partial charge in [0, 0.05) is 17.9 Å². The van der Waals surface area contributed by atoms with Crippen molar-refractivity contribution in [3.8, 4) is 0 Å². The first-order valence-corrected chi connectivity index (χ1v) is 9.75. The normalized spacial score (nSPS) is 15.4. The summed E-state index contributed by atoms with van der Waals surface area (Å²) in [5.74, 6) is -1.27. The van der Waals surface area contributed by atoms with Crippen molar-refractivity contribution in [3.05, 3.63) is 53.8 Å². The van der Waals surface area contributed by atoms with Gasteiger partial charge in [-0.1, -0.05) is 18.2 Å². The first-order valence-electron chi connectivity index (χ1n) is 8.27. The monoisotopic (exact) mass is 377 g/mol. The Hall–Kier alpha value is -2.45. The van der Waals surface area contributed by atoms with Crippen LogP contribution in [-0.2, 0) is 21.2 Å². The fraction of sp³-hybridized carbons (Fsp3) is 0.278. The molecular weight excluding hydrogens is 357 g/mol. The van der Waals surface area contributed by atoms with Crippen LogP contribution in [0.4, 0.5) is 15.8 Å². The molecule has 26 heavy (non-hydrogen) atoms. The minimum Gasteiger partial charge on any atom is -0.398 e. The number of nitrogens with two attached hydrogens (primary N) is 1. The summed E-state index contributed by atoms with van der Waals surface area (Å²) < 4.78 is 40.9. The maximum atomic E-state index is 13.8. The van der Waals surface area contributed by atoms with E-state index in [9.17, 15) is 17.6 Å². The number of hydrogen-bond donors (Lipinski definition) is 2. The van der Waals surface area contributed by atoms with Gasteiger partial charge in [0.15, 0.2) is 0 Å². The topological polar surface area (TPSA) is 92.5 Å². The van der Waals surface area contributed by atoms with E-state index < -0.39 is 32.7 Å². The van der Waals surface area contributed by atoms with Crippen LogP contribution in [0.5, 0.6) is 0 Å². The molecule has 1 atom stereocenters. The van der Waals surface area contributed by atoms with Crippen molar-refractivity contribution < 1.29 is 17.6 Å². The van der Waals surface area contributed by atoms with Gasteiger partial charge in [-0.05, 0) is 49.6 Å². The Morgan fingerprint density at radius 1 is 1.23 bits per heavy atom. The zero-order valence-electron chi connectivity index (χ0n) is 14.3. The van der Waals surface area contributed by atoms with Crippen LogP contribution in [0.2, 0.25) is 0 Å². The maximum Gasteiger partial charge on any atom is 0.244 e. The highest BCUT2D eigenvalue weighted by Gasteiger charge is 2.30. The van der Waals surface area contributed by atoms with Crippen LogP contribution in [0.1, 0.15) is 18.9 Å². The maximum absolute atomic E-state index is 13.8. The Morgan fingerprint density at radius 2 is 1.96 bits per heavy atom. The van der Waals surface area contributed by atoms with Crippen molar-refractivity contribution in [1.29, 1.82) is 0 Å². The lowest BCUT2D eigenvalue weighted by Gasteiger charge is -2.32. The quantitative estimate of drug-likeness (QED) is 0.798. The lowest BCUT2D eigenvalue weighted by atomic mass is 9.99. The van der Waals surface area contributed by atoms with Gasteiger partial charge in [0.2, 0.25) is 15.9 Å². The molecule has 8 heteroatoms. The molecule has 0 spiro atoms. The van der Waals surface area contributed by atoms with Crippen LogP contribution >= 0.6 is 0 Å². The molecular formula is C18H20FN3O3S. The fourth-order valence-electron chi connectivity index (χ4n) is 3.12. The first kappa shape index (κ1) is 18.3. The van der Waals surface area contributed by atoms with E-state index >= 15 is 0 Å². The van der Waals surface area contributed by atoms with Gasteiger partial charge in [0.05, 0.1) is 6.04 Å². The molecule has 0 bridgehead atoms. The number of halogens is 1. The largest absolute Gasteiger partial charge is 0.398 e. The molecule has 0 aliphatic carbocycles. The zero-order chi connectivity index (χ0) is 18.9. The van der Waals surface area contributed by atoms with Crippen LogP contribution in [0.3, 0.4) is 0 Å². The highest BCUT2D eigenvalue weighted by Crippen LogP contribution is 2.31. The average Bonchev–Trinajstić information content (AvgIpc) is 2.61. The van der Waals surface area contributed by atoms with Crippen molar-refractivity contribution in [2.75, 3.05) is 17.2 Å². The molecule has 0 radical (unpaired) electrons. The fourth-order valence-corrected chi connectivity index (χ4v) is 4.40. The summed E-state index contributed by atoms with van der Waals surface area (Å²) in [6.07, 6.45) is 1.50. The zero-order valence-corrected chi connectivity index (χ0v) is 15.1. The van der Waals surface area contributed by atoms with Crippen LogP contribution in [0.15, 0.2) is 47.4 Å². The molecule has 1 aliphatic rings. The summed E-state index contributed by atoms with van der Waals surface area (Å²) in [6.45, 7) is 1.92. The van der Waals surface area contributed by atoms with E-state index in [1.165, 1.54) is 24.0 Å². The summed E-state index contributed by atoms with van der Waals surface area (Å²) in [4.78, 5) is 13.9. The van der Waals surface area contributed by atoms with Crippen molar-refractivity contribution in [3.63, 3.8) is 0 Å². The standard InChI is InChI=1S/C18H20FN3O3S/c1-12(21-26(24,25)17-10-3-2-7-14(17)19)18(23)22-11-5-6-13-15(20)8-4-9-16(13)22/h2-4,7-10,12,21H,5-6,11,20H2,1H3. The Kier molecular flexibility index (Phi) is 4.97. The second-order valence-corrected chi connectivity index (χ2v) is 7.89. The third-order valence-electron chi connectivity index (χ3n) is 4.38. The summed E-state index contributed by atoms with van der Waals surface area (Å²) in [5, 5.41) is 0. The van der Waals surface area contributed by atoms with Crippen molar-refractivity contribution in [2.24, 2.45) is 0 Å². The van der Waals surface area contributed by atoms with Gasteiger partial charge in [-0.2, -0.15) is 4.72 Å². The minimum atomic E-state index is -4.16. The third kappa shape index (κ3) is 3.42. The molecule has 0 saturated heterocycles. The van der Waals surface area contributed by atoms with Crippen molar-refractivity contribution in [1.82, 2.24) is 4.72 Å². The third-order valence-corrected chi connectivity index (χ3v) is 5.96. The molecule has 3 rings (SSSR count). The molecule has 1 unspecified atom stereocenters. The predicted octanol–water partition coefficient (Wildman–Crippen LogP) is 2.05. The van der Waals surface area contributed by atoms with Crippen LogP contribution in [-0.4, -0.2) is 26.9 Å². The van der Waals surface area contributed by atoms with Crippen molar-refractivity contribution >= 4 is 27.3 Å². The molecule has 2 aromatic rings. The van der Waals surface area contributed by atoms with E-state index in [1.807, 2.05) is 0 Å². The van der Waals surface area contributed by atoms with Crippen LogP contribution in [0, 0.1) is 5.82 Å². The summed E-state index contributed by atoms with van der Waals surface area (Å²) in [5.41, 5.74) is 8.17. The Morgan fingerprint density at radius 3 is 2.69 bits per heavy atom. The van der Waals surface area contributed by atoms with E-state index in [4.69, 9.17) is 5.73 Å². The van der Waals surface area contributed by atoms with Gasteiger partial charge in [-0.15, -0.1) is 0 Å². The van der Waals surface area contributed by atoms with Gasteiger partial charge in [0.25, 0.3) is 0 Å². The molecule has 0 fully saturated rings. The number of amides is 1. The molecule has 1 heterocycles. The Balaban J connectivity index is 1.84. The summed E-state index contributed by atoms with van der Waals surface area (Å²) in [7, 11) is -4.16. The number of carbonyl (C=O) groups is 1. The number of nitrogens with zero attached hydrogens (tertiary/aromatic N) is 1. The van der Waals surface area contributed by atoms with E-state index in [0.717, 1.165) is 30.5 Å². The van der Waals surface area contributed by atoms with Crippen LogP contribution < -0.4 is 15.4 Å². The number of hydrogen-bond acceptors (Lipinski definition) is 4. The number of nitrogens with one attached hydrogen (secondary N) is 1. The van der Waals surface area contributed by atoms with Gasteiger partial charge in [-0.25, -0.2) is 12.8 Å². The minimum absolute atomic E-state index is 0.406. The highest BCUT2D eigenvalue weighted by molar-refractivity contribution is 7.89. The SMILES string of the molecule is CC(NS(=O)(=O)c1ccccc1F)C(=O)N1CCCc2c(N)cccc21. The van der Waals surface area contributed by atoms with E-state index in [2.05, 4.69) is 4.72 Å². The molecule has 138 valence electrons. The highest BCUT2D eigenvalue weighted by atomic mass is 32.2. The van der Waals surface area contributed by atoms with E-state index in [1.54, 1.807) is 18.2 Å². The molecule has 1 amide bonds. The molecule has 1 aliphatic heterocycles. The van der Waals surface area contributed by atoms with Gasteiger partial charge in [0.1, 0.15) is 10.7 Å². The second kappa shape index (κ2) is 7.05. The van der Waals surface area contributed by atoms with Gasteiger partial charge >= 0.3 is 0 Å². The number of carbonyl (C=O) groups excluding carboxylic acids is 1. The lowest BCUT2D eigenvalue weighted by Crippen LogP contribution is -2.48. The van der Waals surface area contributed by atoms with Crippen molar-refractivity contribution in [2.45, 2.75) is 30.7 Å². The number of rotatable bonds is 4. The molecule has 0 saturated carbocycles.